The van der Waals surface area contributed by atoms with Crippen LogP contribution in [0.5, 0.6) is 0 Å². The molecule has 5 heteroatoms. The number of amides is 3. The van der Waals surface area contributed by atoms with Crippen LogP contribution in [0.15, 0.2) is 35.5 Å². The average molecular weight is 299 g/mol. The van der Waals surface area contributed by atoms with Crippen molar-refractivity contribution in [2.75, 3.05) is 13.1 Å². The van der Waals surface area contributed by atoms with Crippen molar-refractivity contribution in [3.63, 3.8) is 0 Å². The highest BCUT2D eigenvalue weighted by Gasteiger charge is 2.39. The Bertz CT molecular complexity index is 634. The molecule has 2 aliphatic heterocycles. The Morgan fingerprint density at radius 1 is 1.23 bits per heavy atom. The molecule has 2 heterocycles. The van der Waals surface area contributed by atoms with E-state index in [0.29, 0.717) is 12.1 Å². The highest BCUT2D eigenvalue weighted by Crippen LogP contribution is 2.32. The summed E-state index contributed by atoms with van der Waals surface area (Å²) in [4.78, 5) is 26.4. The number of unbranched alkanes of at least 4 members (excludes halogenated alkanes) is 1. The molecule has 3 amide bonds. The van der Waals surface area contributed by atoms with Crippen molar-refractivity contribution in [2.24, 2.45) is 0 Å². The highest BCUT2D eigenvalue weighted by molar-refractivity contribution is 6.01. The minimum atomic E-state index is -0.358. The quantitative estimate of drug-likeness (QED) is 0.895. The second-order valence-electron chi connectivity index (χ2n) is 5.91. The molecule has 0 spiro atoms. The standard InChI is InChI=1S/C17H21N3O2/c1-3-4-9-20-10-13-14(16(20)21)15(19-17(22)18-13)12-7-5-11(2)6-8-12/h5-8,15H,3-4,9-10H2,1-2H3,(H2,18,19,22). The number of rotatable bonds is 4. The molecule has 0 aliphatic carbocycles. The van der Waals surface area contributed by atoms with Crippen LogP contribution in [0.3, 0.4) is 0 Å². The normalized spacial score (nSPS) is 20.8. The second kappa shape index (κ2) is 5.83. The Labute approximate surface area is 130 Å². The van der Waals surface area contributed by atoms with Gasteiger partial charge in [0.1, 0.15) is 0 Å². The molecule has 0 bridgehead atoms. The van der Waals surface area contributed by atoms with Gasteiger partial charge in [0, 0.05) is 6.54 Å². The molecule has 3 rings (SSSR count). The number of urea groups is 1. The lowest BCUT2D eigenvalue weighted by Crippen LogP contribution is -2.44. The van der Waals surface area contributed by atoms with E-state index < -0.39 is 0 Å². The third-order valence-corrected chi connectivity index (χ3v) is 4.21. The lowest BCUT2D eigenvalue weighted by Gasteiger charge is -2.25. The zero-order valence-corrected chi connectivity index (χ0v) is 13.0. The van der Waals surface area contributed by atoms with Gasteiger partial charge in [0.15, 0.2) is 0 Å². The molecule has 0 aromatic heterocycles. The molecular weight excluding hydrogens is 278 g/mol. The van der Waals surface area contributed by atoms with Crippen LogP contribution in [0.25, 0.3) is 0 Å². The number of nitrogens with one attached hydrogen (secondary N) is 2. The van der Waals surface area contributed by atoms with Crippen LogP contribution in [0.4, 0.5) is 4.79 Å². The molecule has 2 aliphatic rings. The molecule has 1 atom stereocenters. The maximum atomic E-state index is 12.7. The Kier molecular flexibility index (Phi) is 3.88. The Morgan fingerprint density at radius 2 is 1.95 bits per heavy atom. The van der Waals surface area contributed by atoms with E-state index in [2.05, 4.69) is 17.6 Å². The summed E-state index contributed by atoms with van der Waals surface area (Å²) in [5.74, 6) is 0.0292. The fourth-order valence-corrected chi connectivity index (χ4v) is 2.97. The lowest BCUT2D eigenvalue weighted by molar-refractivity contribution is -0.125. The van der Waals surface area contributed by atoms with Gasteiger partial charge < -0.3 is 15.5 Å². The molecule has 1 aromatic carbocycles. The summed E-state index contributed by atoms with van der Waals surface area (Å²) in [6, 6.07) is 7.34. The van der Waals surface area contributed by atoms with Gasteiger partial charge in [-0.25, -0.2) is 4.79 Å². The SMILES string of the molecule is CCCCN1CC2=C(C1=O)C(c1ccc(C)cc1)NC(=O)N2. The van der Waals surface area contributed by atoms with Gasteiger partial charge in [-0.2, -0.15) is 0 Å². The molecule has 0 fully saturated rings. The third-order valence-electron chi connectivity index (χ3n) is 4.21. The Hall–Kier alpha value is -2.30. The number of hydrogen-bond acceptors (Lipinski definition) is 2. The summed E-state index contributed by atoms with van der Waals surface area (Å²) in [5.41, 5.74) is 3.52. The van der Waals surface area contributed by atoms with E-state index in [0.717, 1.165) is 36.2 Å². The van der Waals surface area contributed by atoms with Crippen molar-refractivity contribution in [1.82, 2.24) is 15.5 Å². The van der Waals surface area contributed by atoms with Crippen molar-refractivity contribution >= 4 is 11.9 Å². The number of carbonyl (C=O) groups is 2. The van der Waals surface area contributed by atoms with Crippen LogP contribution >= 0.6 is 0 Å². The van der Waals surface area contributed by atoms with Crippen LogP contribution < -0.4 is 10.6 Å². The summed E-state index contributed by atoms with van der Waals surface area (Å²) in [7, 11) is 0. The molecule has 5 nitrogen and oxygen atoms in total. The summed E-state index contributed by atoms with van der Waals surface area (Å²) >= 11 is 0. The van der Waals surface area contributed by atoms with Gasteiger partial charge in [0.25, 0.3) is 5.91 Å². The van der Waals surface area contributed by atoms with Crippen LogP contribution in [-0.2, 0) is 4.79 Å². The maximum absolute atomic E-state index is 12.7. The Morgan fingerprint density at radius 3 is 2.64 bits per heavy atom. The summed E-state index contributed by atoms with van der Waals surface area (Å²) in [6.45, 7) is 5.36. The van der Waals surface area contributed by atoms with Crippen LogP contribution in [0.1, 0.15) is 36.9 Å². The van der Waals surface area contributed by atoms with Gasteiger partial charge in [-0.1, -0.05) is 43.2 Å². The fraction of sp³-hybridized carbons (Fsp3) is 0.412. The third kappa shape index (κ3) is 2.58. The van der Waals surface area contributed by atoms with Crippen LogP contribution in [0, 0.1) is 6.92 Å². The van der Waals surface area contributed by atoms with Gasteiger partial charge in [0.2, 0.25) is 0 Å². The predicted octanol–water partition coefficient (Wildman–Crippen LogP) is 2.25. The van der Waals surface area contributed by atoms with Crippen molar-refractivity contribution < 1.29 is 9.59 Å². The maximum Gasteiger partial charge on any atom is 0.319 e. The first kappa shape index (κ1) is 14.6. The van der Waals surface area contributed by atoms with Gasteiger partial charge in [-0.05, 0) is 18.9 Å². The molecule has 116 valence electrons. The molecule has 1 aromatic rings. The first-order valence-corrected chi connectivity index (χ1v) is 7.76. The van der Waals surface area contributed by atoms with E-state index in [4.69, 9.17) is 0 Å². The topological polar surface area (TPSA) is 61.4 Å². The van der Waals surface area contributed by atoms with Crippen molar-refractivity contribution in [1.29, 1.82) is 0 Å². The van der Waals surface area contributed by atoms with E-state index in [-0.39, 0.29) is 18.0 Å². The average Bonchev–Trinajstić information content (AvgIpc) is 2.81. The van der Waals surface area contributed by atoms with Gasteiger partial charge >= 0.3 is 6.03 Å². The lowest BCUT2D eigenvalue weighted by atomic mass is 9.95. The van der Waals surface area contributed by atoms with Crippen molar-refractivity contribution in [3.05, 3.63) is 46.7 Å². The Balaban J connectivity index is 1.90. The fourth-order valence-electron chi connectivity index (χ4n) is 2.97. The van der Waals surface area contributed by atoms with Gasteiger partial charge in [-0.3, -0.25) is 4.79 Å². The molecule has 22 heavy (non-hydrogen) atoms. The second-order valence-corrected chi connectivity index (χ2v) is 5.91. The minimum Gasteiger partial charge on any atom is -0.333 e. The number of benzene rings is 1. The molecule has 2 N–H and O–H groups in total. The zero-order valence-electron chi connectivity index (χ0n) is 13.0. The van der Waals surface area contributed by atoms with E-state index in [1.54, 1.807) is 0 Å². The molecule has 0 saturated carbocycles. The molecule has 0 saturated heterocycles. The van der Waals surface area contributed by atoms with Crippen molar-refractivity contribution in [2.45, 2.75) is 32.7 Å². The first-order chi connectivity index (χ1) is 10.6. The molecule has 0 radical (unpaired) electrons. The number of aryl methyl sites for hydroxylation is 1. The zero-order chi connectivity index (χ0) is 15.7. The van der Waals surface area contributed by atoms with Crippen LogP contribution in [0.2, 0.25) is 0 Å². The highest BCUT2D eigenvalue weighted by atomic mass is 16.2. The summed E-state index contributed by atoms with van der Waals surface area (Å²) in [6.07, 6.45) is 2.02. The predicted molar refractivity (Wildman–Crippen MR) is 84.1 cm³/mol. The molecule has 1 unspecified atom stereocenters. The van der Waals surface area contributed by atoms with Crippen LogP contribution in [-0.4, -0.2) is 29.9 Å². The summed E-state index contributed by atoms with van der Waals surface area (Å²) < 4.78 is 0. The first-order valence-electron chi connectivity index (χ1n) is 7.76. The van der Waals surface area contributed by atoms with E-state index in [9.17, 15) is 9.59 Å². The van der Waals surface area contributed by atoms with E-state index in [1.807, 2.05) is 36.1 Å². The number of carbonyl (C=O) groups excluding carboxylic acids is 2. The number of hydrogen-bond donors (Lipinski definition) is 2. The van der Waals surface area contributed by atoms with E-state index in [1.165, 1.54) is 0 Å². The monoisotopic (exact) mass is 299 g/mol. The van der Waals surface area contributed by atoms with E-state index >= 15 is 0 Å². The van der Waals surface area contributed by atoms with Gasteiger partial charge in [0.05, 0.1) is 23.9 Å². The minimum absolute atomic E-state index is 0.0292. The van der Waals surface area contributed by atoms with Gasteiger partial charge in [-0.15, -0.1) is 0 Å². The largest absolute Gasteiger partial charge is 0.333 e. The van der Waals surface area contributed by atoms with Crippen molar-refractivity contribution in [3.8, 4) is 0 Å². The number of nitrogens with zero attached hydrogens (tertiary/aromatic N) is 1. The molecular formula is C17H21N3O2. The smallest absolute Gasteiger partial charge is 0.319 e. The summed E-state index contributed by atoms with van der Waals surface area (Å²) in [5, 5.41) is 5.67.